The molecule has 3 amide bonds. The van der Waals surface area contributed by atoms with E-state index in [4.69, 9.17) is 0 Å². The Morgan fingerprint density at radius 2 is 1.33 bits per heavy atom. The molecule has 3 aliphatic carbocycles. The number of hydrogen-bond acceptors (Lipinski definition) is 3. The van der Waals surface area contributed by atoms with Gasteiger partial charge < -0.3 is 5.32 Å². The van der Waals surface area contributed by atoms with E-state index in [9.17, 15) is 14.4 Å². The fraction of sp³-hybridized carbons (Fsp3) is 0.206. The molecule has 1 fully saturated rings. The second kappa shape index (κ2) is 8.24. The number of nitrogens with zero attached hydrogens (tertiary/aromatic N) is 1. The molecule has 4 aromatic rings. The number of aryl methyl sites for hydroxylation is 3. The molecule has 0 radical (unpaired) electrons. The minimum absolute atomic E-state index is 0.242. The largest absolute Gasteiger partial charge is 0.325 e. The topological polar surface area (TPSA) is 66.5 Å². The summed E-state index contributed by atoms with van der Waals surface area (Å²) in [6.45, 7) is 5.92. The quantitative estimate of drug-likeness (QED) is 0.353. The van der Waals surface area contributed by atoms with Crippen LogP contribution < -0.4 is 10.2 Å². The summed E-state index contributed by atoms with van der Waals surface area (Å²) in [6.07, 6.45) is 0. The Hall–Kier alpha value is -4.51. The Morgan fingerprint density at radius 3 is 1.95 bits per heavy atom. The summed E-state index contributed by atoms with van der Waals surface area (Å²) in [5, 5.41) is 3.18. The number of nitrogens with one attached hydrogen (secondary N) is 1. The third-order valence-corrected chi connectivity index (χ3v) is 8.72. The molecule has 0 spiro atoms. The van der Waals surface area contributed by atoms with Gasteiger partial charge >= 0.3 is 0 Å². The Balaban J connectivity index is 1.49. The maximum atomic E-state index is 14.8. The van der Waals surface area contributed by atoms with Gasteiger partial charge in [-0.25, -0.2) is 4.90 Å². The Bertz CT molecular complexity index is 1650. The Labute approximate surface area is 227 Å². The number of imide groups is 1. The Kier molecular flexibility index (Phi) is 4.99. The third-order valence-electron chi connectivity index (χ3n) is 8.72. The molecular formula is C34H28N2O3. The van der Waals surface area contributed by atoms with E-state index in [2.05, 4.69) is 11.4 Å². The monoisotopic (exact) mass is 512 g/mol. The standard InChI is InChI=1S/C34H28N2O3/c1-19-9-8-10-23(18-19)36-31(37)29-28-24-11-4-6-13-26(24)34(30(29)32(36)38,27-14-7-5-12-25(27)28)33(39)35-22-16-20(2)15-21(3)17-22/h4-18,28-30H,1-3H3,(H,35,39). The van der Waals surface area contributed by atoms with Crippen LogP contribution in [-0.4, -0.2) is 17.7 Å². The molecule has 2 unspecified atom stereocenters. The highest BCUT2D eigenvalue weighted by atomic mass is 16.2. The highest BCUT2D eigenvalue weighted by Crippen LogP contribution is 2.64. The van der Waals surface area contributed by atoms with Crippen molar-refractivity contribution in [1.82, 2.24) is 0 Å². The summed E-state index contributed by atoms with van der Waals surface area (Å²) in [5.74, 6) is -2.68. The molecule has 39 heavy (non-hydrogen) atoms. The SMILES string of the molecule is Cc1cc(C)cc(NC(=O)C23c4ccccc4C(c4ccccc42)C2C(=O)N(c4cccc(C)c4)C(=O)C23)c1. The zero-order valence-electron chi connectivity index (χ0n) is 22.1. The van der Waals surface area contributed by atoms with Gasteiger partial charge in [0.05, 0.1) is 17.5 Å². The predicted molar refractivity (Wildman–Crippen MR) is 151 cm³/mol. The number of amides is 3. The van der Waals surface area contributed by atoms with Crippen molar-refractivity contribution in [1.29, 1.82) is 0 Å². The zero-order chi connectivity index (χ0) is 27.1. The van der Waals surface area contributed by atoms with Gasteiger partial charge in [-0.1, -0.05) is 66.7 Å². The van der Waals surface area contributed by atoms with Gasteiger partial charge in [-0.3, -0.25) is 14.4 Å². The predicted octanol–water partition coefficient (Wildman–Crippen LogP) is 5.80. The molecule has 1 N–H and O–H groups in total. The average molecular weight is 513 g/mol. The summed E-state index contributed by atoms with van der Waals surface area (Å²) in [4.78, 5) is 44.8. The van der Waals surface area contributed by atoms with Gasteiger partial charge in [0.2, 0.25) is 17.7 Å². The molecule has 8 rings (SSSR count). The smallest absolute Gasteiger partial charge is 0.240 e. The van der Waals surface area contributed by atoms with Crippen molar-refractivity contribution >= 4 is 29.1 Å². The van der Waals surface area contributed by atoms with E-state index in [1.807, 2.05) is 99.6 Å². The van der Waals surface area contributed by atoms with Crippen LogP contribution in [0.3, 0.4) is 0 Å². The second-order valence-corrected chi connectivity index (χ2v) is 11.1. The van der Waals surface area contributed by atoms with E-state index in [-0.39, 0.29) is 23.6 Å². The second-order valence-electron chi connectivity index (χ2n) is 11.1. The highest BCUT2D eigenvalue weighted by molar-refractivity contribution is 6.26. The zero-order valence-corrected chi connectivity index (χ0v) is 22.1. The average Bonchev–Trinajstić information content (AvgIpc) is 3.18. The van der Waals surface area contributed by atoms with Gasteiger partial charge in [0.1, 0.15) is 5.41 Å². The number of hydrogen-bond donors (Lipinski definition) is 1. The van der Waals surface area contributed by atoms with E-state index in [0.29, 0.717) is 11.4 Å². The van der Waals surface area contributed by atoms with Crippen molar-refractivity contribution in [3.63, 3.8) is 0 Å². The molecule has 192 valence electrons. The molecule has 2 bridgehead atoms. The lowest BCUT2D eigenvalue weighted by Crippen LogP contribution is -2.59. The molecule has 4 aliphatic rings. The number of carbonyl (C=O) groups is 3. The van der Waals surface area contributed by atoms with Gasteiger partial charge in [-0.15, -0.1) is 0 Å². The molecule has 1 saturated heterocycles. The molecule has 0 aromatic heterocycles. The van der Waals surface area contributed by atoms with E-state index in [1.165, 1.54) is 4.90 Å². The molecule has 1 heterocycles. The van der Waals surface area contributed by atoms with Crippen LogP contribution in [0.25, 0.3) is 0 Å². The summed E-state index contributed by atoms with van der Waals surface area (Å²) in [7, 11) is 0. The first-order valence-electron chi connectivity index (χ1n) is 13.4. The minimum Gasteiger partial charge on any atom is -0.325 e. The van der Waals surface area contributed by atoms with Gasteiger partial charge in [0.25, 0.3) is 0 Å². The fourth-order valence-electron chi connectivity index (χ4n) is 7.46. The van der Waals surface area contributed by atoms with Crippen molar-refractivity contribution in [2.75, 3.05) is 10.2 Å². The molecule has 0 saturated carbocycles. The van der Waals surface area contributed by atoms with Crippen molar-refractivity contribution in [2.24, 2.45) is 11.8 Å². The van der Waals surface area contributed by atoms with Crippen LogP contribution in [0.5, 0.6) is 0 Å². The first-order valence-corrected chi connectivity index (χ1v) is 13.4. The van der Waals surface area contributed by atoms with Gasteiger partial charge in [0.15, 0.2) is 0 Å². The lowest BCUT2D eigenvalue weighted by Gasteiger charge is -2.52. The van der Waals surface area contributed by atoms with Crippen LogP contribution in [-0.2, 0) is 19.8 Å². The molecule has 5 nitrogen and oxygen atoms in total. The van der Waals surface area contributed by atoms with Crippen LogP contribution in [0.4, 0.5) is 11.4 Å². The lowest BCUT2D eigenvalue weighted by molar-refractivity contribution is -0.132. The molecule has 2 atom stereocenters. The summed E-state index contributed by atoms with van der Waals surface area (Å²) in [6, 6.07) is 29.1. The number of anilines is 2. The normalized spacial score (nSPS) is 24.3. The Morgan fingerprint density at radius 1 is 0.718 bits per heavy atom. The fourth-order valence-corrected chi connectivity index (χ4v) is 7.46. The van der Waals surface area contributed by atoms with E-state index < -0.39 is 17.3 Å². The maximum absolute atomic E-state index is 14.8. The number of rotatable bonds is 3. The summed E-state index contributed by atoms with van der Waals surface area (Å²) >= 11 is 0. The molecule has 1 aliphatic heterocycles. The lowest BCUT2D eigenvalue weighted by atomic mass is 9.47. The van der Waals surface area contributed by atoms with E-state index in [1.54, 1.807) is 6.07 Å². The van der Waals surface area contributed by atoms with E-state index >= 15 is 0 Å². The molecule has 5 heteroatoms. The first kappa shape index (κ1) is 23.6. The van der Waals surface area contributed by atoms with Crippen LogP contribution >= 0.6 is 0 Å². The first-order chi connectivity index (χ1) is 18.8. The molecular weight excluding hydrogens is 484 g/mol. The van der Waals surface area contributed by atoms with Crippen LogP contribution in [0, 0.1) is 32.6 Å². The number of benzene rings is 4. The van der Waals surface area contributed by atoms with Crippen molar-refractivity contribution in [3.8, 4) is 0 Å². The highest BCUT2D eigenvalue weighted by Gasteiger charge is 2.71. The van der Waals surface area contributed by atoms with E-state index in [0.717, 1.165) is 38.9 Å². The minimum atomic E-state index is -1.35. The van der Waals surface area contributed by atoms with Gasteiger partial charge in [-0.2, -0.15) is 0 Å². The molecule has 4 aromatic carbocycles. The van der Waals surface area contributed by atoms with Crippen molar-refractivity contribution in [3.05, 3.63) is 130 Å². The van der Waals surface area contributed by atoms with Crippen molar-refractivity contribution in [2.45, 2.75) is 32.1 Å². The summed E-state index contributed by atoms with van der Waals surface area (Å²) < 4.78 is 0. The van der Waals surface area contributed by atoms with Gasteiger partial charge in [0, 0.05) is 11.6 Å². The van der Waals surface area contributed by atoms with Crippen LogP contribution in [0.2, 0.25) is 0 Å². The van der Waals surface area contributed by atoms with Crippen LogP contribution in [0.15, 0.2) is 91.0 Å². The van der Waals surface area contributed by atoms with Crippen LogP contribution in [0.1, 0.15) is 44.9 Å². The number of carbonyl (C=O) groups excluding carboxylic acids is 3. The third kappa shape index (κ3) is 3.10. The van der Waals surface area contributed by atoms with Gasteiger partial charge in [-0.05, 0) is 84.0 Å². The van der Waals surface area contributed by atoms with Crippen molar-refractivity contribution < 1.29 is 14.4 Å². The maximum Gasteiger partial charge on any atom is 0.240 e. The summed E-state index contributed by atoms with van der Waals surface area (Å²) in [5.41, 5.74) is 6.41.